The Morgan fingerprint density at radius 3 is 2.43 bits per heavy atom. The van der Waals surface area contributed by atoms with Crippen molar-refractivity contribution in [1.82, 2.24) is 10.2 Å². The fourth-order valence-corrected chi connectivity index (χ4v) is 2.97. The highest BCUT2D eigenvalue weighted by atomic mass is 16.3. The summed E-state index contributed by atoms with van der Waals surface area (Å²) < 4.78 is 0. The minimum Gasteiger partial charge on any atom is -0.393 e. The number of anilines is 1. The van der Waals surface area contributed by atoms with E-state index in [1.807, 2.05) is 25.9 Å². The summed E-state index contributed by atoms with van der Waals surface area (Å²) in [4.78, 5) is 16.1. The van der Waals surface area contributed by atoms with Gasteiger partial charge in [-0.3, -0.25) is 0 Å². The summed E-state index contributed by atoms with van der Waals surface area (Å²) in [6.45, 7) is 3.95. The Morgan fingerprint density at radius 2 is 1.91 bits per heavy atom. The predicted molar refractivity (Wildman–Crippen MR) is 93.8 cm³/mol. The third-order valence-electron chi connectivity index (χ3n) is 4.65. The lowest BCUT2D eigenvalue weighted by molar-refractivity contribution is 0.0799. The van der Waals surface area contributed by atoms with E-state index in [0.29, 0.717) is 12.5 Å². The number of benzene rings is 1. The second-order valence-electron chi connectivity index (χ2n) is 6.61. The van der Waals surface area contributed by atoms with Crippen LogP contribution in [0.3, 0.4) is 0 Å². The van der Waals surface area contributed by atoms with Gasteiger partial charge in [0.05, 0.1) is 6.10 Å². The Bertz CT molecular complexity index is 491. The van der Waals surface area contributed by atoms with E-state index in [2.05, 4.69) is 34.5 Å². The van der Waals surface area contributed by atoms with Crippen LogP contribution in [0.2, 0.25) is 0 Å². The van der Waals surface area contributed by atoms with E-state index in [-0.39, 0.29) is 12.1 Å². The molecule has 1 heterocycles. The van der Waals surface area contributed by atoms with Crippen LogP contribution in [0, 0.1) is 5.92 Å². The van der Waals surface area contributed by atoms with Crippen LogP contribution in [0.25, 0.3) is 0 Å². The largest absolute Gasteiger partial charge is 0.393 e. The fourth-order valence-electron chi connectivity index (χ4n) is 2.97. The van der Waals surface area contributed by atoms with Gasteiger partial charge in [0.2, 0.25) is 0 Å². The van der Waals surface area contributed by atoms with Crippen LogP contribution < -0.4 is 10.2 Å². The third-order valence-corrected chi connectivity index (χ3v) is 4.65. The average Bonchev–Trinajstić information content (AvgIpc) is 2.55. The number of nitrogens with one attached hydrogen (secondary N) is 1. The summed E-state index contributed by atoms with van der Waals surface area (Å²) in [5.41, 5.74) is 2.41. The highest BCUT2D eigenvalue weighted by Gasteiger charge is 2.25. The van der Waals surface area contributed by atoms with Gasteiger partial charge in [0.1, 0.15) is 0 Å². The van der Waals surface area contributed by atoms with Gasteiger partial charge in [-0.25, -0.2) is 4.79 Å². The molecule has 1 aliphatic heterocycles. The Labute approximate surface area is 139 Å². The molecule has 0 bridgehead atoms. The molecule has 2 amide bonds. The lowest BCUT2D eigenvalue weighted by atomic mass is 9.92. The van der Waals surface area contributed by atoms with Crippen molar-refractivity contribution in [3.05, 3.63) is 29.8 Å². The number of amides is 2. The molecule has 2 N–H and O–H groups in total. The van der Waals surface area contributed by atoms with Crippen LogP contribution in [0.1, 0.15) is 25.3 Å². The van der Waals surface area contributed by atoms with Crippen LogP contribution in [0.4, 0.5) is 10.5 Å². The maximum absolute atomic E-state index is 12.2. The van der Waals surface area contributed by atoms with Gasteiger partial charge in [0, 0.05) is 39.4 Å². The monoisotopic (exact) mass is 319 g/mol. The van der Waals surface area contributed by atoms with Gasteiger partial charge in [0.15, 0.2) is 0 Å². The number of likely N-dealkylation sites (tertiary alicyclic amines) is 1. The molecule has 128 valence electrons. The molecule has 1 atom stereocenters. The van der Waals surface area contributed by atoms with Crippen LogP contribution in [0.15, 0.2) is 24.3 Å². The van der Waals surface area contributed by atoms with E-state index in [0.717, 1.165) is 32.4 Å². The number of rotatable bonds is 5. The van der Waals surface area contributed by atoms with Gasteiger partial charge < -0.3 is 20.2 Å². The Kier molecular flexibility index (Phi) is 6.28. The van der Waals surface area contributed by atoms with E-state index in [9.17, 15) is 9.90 Å². The van der Waals surface area contributed by atoms with E-state index < -0.39 is 0 Å². The average molecular weight is 319 g/mol. The first-order valence-electron chi connectivity index (χ1n) is 8.44. The van der Waals surface area contributed by atoms with Crippen LogP contribution in [-0.4, -0.2) is 55.9 Å². The van der Waals surface area contributed by atoms with Crippen molar-refractivity contribution in [3.63, 3.8) is 0 Å². The number of urea groups is 1. The lowest BCUT2D eigenvalue weighted by Gasteiger charge is -2.33. The van der Waals surface area contributed by atoms with Gasteiger partial charge in [-0.1, -0.05) is 12.1 Å². The molecule has 5 nitrogen and oxygen atoms in total. The van der Waals surface area contributed by atoms with Crippen molar-refractivity contribution >= 4 is 11.7 Å². The van der Waals surface area contributed by atoms with Crippen molar-refractivity contribution in [2.75, 3.05) is 38.6 Å². The zero-order chi connectivity index (χ0) is 16.8. The number of carbonyl (C=O) groups is 1. The van der Waals surface area contributed by atoms with E-state index in [4.69, 9.17) is 0 Å². The molecule has 1 unspecified atom stereocenters. The smallest absolute Gasteiger partial charge is 0.317 e. The van der Waals surface area contributed by atoms with Gasteiger partial charge in [-0.15, -0.1) is 0 Å². The molecular formula is C18H29N3O2. The first-order valence-corrected chi connectivity index (χ1v) is 8.44. The van der Waals surface area contributed by atoms with Crippen LogP contribution in [0.5, 0.6) is 0 Å². The van der Waals surface area contributed by atoms with Crippen molar-refractivity contribution in [2.24, 2.45) is 5.92 Å². The highest BCUT2D eigenvalue weighted by Crippen LogP contribution is 2.20. The van der Waals surface area contributed by atoms with Crippen LogP contribution in [-0.2, 0) is 6.42 Å². The van der Waals surface area contributed by atoms with Gasteiger partial charge in [-0.05, 0) is 49.8 Å². The first kappa shape index (κ1) is 17.6. The molecule has 0 spiro atoms. The normalized spacial score (nSPS) is 17.0. The molecule has 1 aromatic rings. The molecular weight excluding hydrogens is 290 g/mol. The van der Waals surface area contributed by atoms with E-state index in [1.54, 1.807) is 0 Å². The molecule has 0 aromatic heterocycles. The molecule has 0 aliphatic carbocycles. The third kappa shape index (κ3) is 5.13. The number of aliphatic hydroxyl groups excluding tert-OH is 1. The standard InChI is InChI=1S/C18H29N3O2/c1-14(22)16-9-12-21(13-10-16)18(23)19-11-8-15-4-6-17(7-5-15)20(2)3/h4-7,14,16,22H,8-13H2,1-3H3,(H,19,23). The van der Waals surface area contributed by atoms with E-state index in [1.165, 1.54) is 11.3 Å². The molecule has 1 aliphatic rings. The number of nitrogens with zero attached hydrogens (tertiary/aromatic N) is 2. The van der Waals surface area contributed by atoms with Crippen molar-refractivity contribution < 1.29 is 9.90 Å². The lowest BCUT2D eigenvalue weighted by Crippen LogP contribution is -2.46. The van der Waals surface area contributed by atoms with Crippen molar-refractivity contribution in [1.29, 1.82) is 0 Å². The zero-order valence-corrected chi connectivity index (χ0v) is 14.5. The number of piperidine rings is 1. The molecule has 1 aromatic carbocycles. The Balaban J connectivity index is 1.71. The summed E-state index contributed by atoms with van der Waals surface area (Å²) in [7, 11) is 4.05. The maximum atomic E-state index is 12.2. The summed E-state index contributed by atoms with van der Waals surface area (Å²) in [6.07, 6.45) is 2.34. The second-order valence-corrected chi connectivity index (χ2v) is 6.61. The maximum Gasteiger partial charge on any atom is 0.317 e. The molecule has 5 heteroatoms. The van der Waals surface area contributed by atoms with Gasteiger partial charge >= 0.3 is 6.03 Å². The quantitative estimate of drug-likeness (QED) is 0.874. The minimum absolute atomic E-state index is 0.0129. The van der Waals surface area contributed by atoms with Gasteiger partial charge in [-0.2, -0.15) is 0 Å². The Hall–Kier alpha value is -1.75. The van der Waals surface area contributed by atoms with Crippen LogP contribution >= 0.6 is 0 Å². The zero-order valence-electron chi connectivity index (χ0n) is 14.5. The number of carbonyl (C=O) groups excluding carboxylic acids is 1. The predicted octanol–water partition coefficient (Wildman–Crippen LogP) is 2.10. The number of hydrogen-bond acceptors (Lipinski definition) is 3. The second kappa shape index (κ2) is 8.20. The number of aliphatic hydroxyl groups is 1. The summed E-state index contributed by atoms with van der Waals surface area (Å²) in [5, 5.41) is 12.6. The van der Waals surface area contributed by atoms with Gasteiger partial charge in [0.25, 0.3) is 0 Å². The van der Waals surface area contributed by atoms with Crippen molar-refractivity contribution in [2.45, 2.75) is 32.3 Å². The topological polar surface area (TPSA) is 55.8 Å². The highest BCUT2D eigenvalue weighted by molar-refractivity contribution is 5.74. The Morgan fingerprint density at radius 1 is 1.30 bits per heavy atom. The molecule has 0 saturated carbocycles. The molecule has 0 radical (unpaired) electrons. The molecule has 1 fully saturated rings. The SMILES string of the molecule is CC(O)C1CCN(C(=O)NCCc2ccc(N(C)C)cc2)CC1. The van der Waals surface area contributed by atoms with E-state index >= 15 is 0 Å². The first-order chi connectivity index (χ1) is 11.0. The fraction of sp³-hybridized carbons (Fsp3) is 0.611. The molecule has 2 rings (SSSR count). The summed E-state index contributed by atoms with van der Waals surface area (Å²) >= 11 is 0. The summed E-state index contributed by atoms with van der Waals surface area (Å²) in [5.74, 6) is 0.328. The summed E-state index contributed by atoms with van der Waals surface area (Å²) in [6, 6.07) is 8.42. The number of hydrogen-bond donors (Lipinski definition) is 2. The molecule has 23 heavy (non-hydrogen) atoms. The molecule has 1 saturated heterocycles. The minimum atomic E-state index is -0.273. The van der Waals surface area contributed by atoms with Crippen molar-refractivity contribution in [3.8, 4) is 0 Å².